The number of carbonyl (C=O) groups is 2. The van der Waals surface area contributed by atoms with Gasteiger partial charge in [0, 0.05) is 54.2 Å². The molecule has 6 rings (SSSR count). The molecule has 1 fully saturated rings. The number of hydrogen-bond acceptors (Lipinski definition) is 7. The van der Waals surface area contributed by atoms with Crippen molar-refractivity contribution < 1.29 is 9.59 Å². The van der Waals surface area contributed by atoms with Crippen LogP contribution in [0.25, 0.3) is 11.3 Å². The van der Waals surface area contributed by atoms with Crippen LogP contribution in [0.5, 0.6) is 0 Å². The molecule has 1 aliphatic heterocycles. The third-order valence-electron chi connectivity index (χ3n) is 8.91. The molecule has 0 bridgehead atoms. The van der Waals surface area contributed by atoms with Crippen LogP contribution in [0, 0.1) is 6.92 Å². The monoisotopic (exact) mass is 624 g/mol. The number of piperazine rings is 1. The van der Waals surface area contributed by atoms with Crippen molar-refractivity contribution in [3.8, 4) is 11.3 Å². The molecular weight excluding hydrogens is 584 g/mol. The smallest absolute Gasteiger partial charge is 0.293 e. The largest absolute Gasteiger partial charge is 0.337 e. The van der Waals surface area contributed by atoms with Crippen molar-refractivity contribution >= 4 is 40.3 Å². The second-order valence-electron chi connectivity index (χ2n) is 12.3. The number of aromatic nitrogens is 2. The van der Waals surface area contributed by atoms with Gasteiger partial charge in [0.25, 0.3) is 11.5 Å². The lowest BCUT2D eigenvalue weighted by molar-refractivity contribution is -0.143. The fourth-order valence-electron chi connectivity index (χ4n) is 6.30. The quantitative estimate of drug-likeness (QED) is 0.265. The van der Waals surface area contributed by atoms with Crippen LogP contribution in [0.4, 0.5) is 17.2 Å². The van der Waals surface area contributed by atoms with Gasteiger partial charge in [-0.1, -0.05) is 24.3 Å². The van der Waals surface area contributed by atoms with Gasteiger partial charge in [-0.2, -0.15) is 0 Å². The number of fused-ring (bicyclic) bond motifs is 1. The van der Waals surface area contributed by atoms with E-state index < -0.39 is 0 Å². The number of anilines is 3. The van der Waals surface area contributed by atoms with E-state index >= 15 is 0 Å². The normalized spacial score (nSPS) is 17.0. The number of hydrogen-bond donors (Lipinski definition) is 2. The Hall–Kier alpha value is -4.28. The first kappa shape index (κ1) is 30.7. The first-order valence-corrected chi connectivity index (χ1v) is 16.4. The van der Waals surface area contributed by atoms with E-state index in [2.05, 4.69) is 15.5 Å². The molecule has 0 radical (unpaired) electrons. The molecule has 4 aromatic rings. The van der Waals surface area contributed by atoms with Gasteiger partial charge in [0.15, 0.2) is 5.82 Å². The number of nitrogens with one attached hydrogen (secondary N) is 2. The Balaban J connectivity index is 1.23. The van der Waals surface area contributed by atoms with Gasteiger partial charge in [0.05, 0.1) is 10.6 Å². The summed E-state index contributed by atoms with van der Waals surface area (Å²) in [5.74, 6) is 0.190. The lowest BCUT2D eigenvalue weighted by atomic mass is 9.99. The second kappa shape index (κ2) is 12.6. The van der Waals surface area contributed by atoms with Crippen LogP contribution >= 0.6 is 11.3 Å². The summed E-state index contributed by atoms with van der Waals surface area (Å²) in [6.45, 7) is 7.56. The van der Waals surface area contributed by atoms with Crippen molar-refractivity contribution in [3.63, 3.8) is 0 Å². The summed E-state index contributed by atoms with van der Waals surface area (Å²) in [6.07, 6.45) is 6.16. The molecule has 0 saturated carbocycles. The van der Waals surface area contributed by atoms with Crippen molar-refractivity contribution in [3.05, 3.63) is 91.5 Å². The van der Waals surface area contributed by atoms with Crippen LogP contribution in [-0.4, -0.2) is 57.3 Å². The Kier molecular flexibility index (Phi) is 8.61. The highest BCUT2D eigenvalue weighted by molar-refractivity contribution is 7.14. The number of rotatable bonds is 7. The van der Waals surface area contributed by atoms with Gasteiger partial charge < -0.3 is 20.1 Å². The van der Waals surface area contributed by atoms with E-state index in [-0.39, 0.29) is 35.3 Å². The topological polar surface area (TPSA) is 99.6 Å². The van der Waals surface area contributed by atoms with E-state index in [9.17, 15) is 14.4 Å². The minimum atomic E-state index is -0.342. The van der Waals surface area contributed by atoms with Gasteiger partial charge in [-0.05, 0) is 94.5 Å². The van der Waals surface area contributed by atoms with E-state index in [0.29, 0.717) is 17.1 Å². The third kappa shape index (κ3) is 6.17. The maximum absolute atomic E-state index is 13.2. The summed E-state index contributed by atoms with van der Waals surface area (Å²) in [5.41, 5.74) is 5.65. The van der Waals surface area contributed by atoms with Gasteiger partial charge in [-0.3, -0.25) is 19.3 Å². The molecule has 10 heteroatoms. The van der Waals surface area contributed by atoms with Crippen LogP contribution in [0.1, 0.15) is 64.0 Å². The molecule has 3 heterocycles. The van der Waals surface area contributed by atoms with E-state index in [4.69, 9.17) is 4.98 Å². The minimum Gasteiger partial charge on any atom is -0.337 e. The lowest BCUT2D eigenvalue weighted by Crippen LogP contribution is -2.53. The molecule has 45 heavy (non-hydrogen) atoms. The summed E-state index contributed by atoms with van der Waals surface area (Å²) in [7, 11) is 3.68. The molecule has 1 saturated heterocycles. The third-order valence-corrected chi connectivity index (χ3v) is 10.1. The molecule has 2 aliphatic rings. The highest BCUT2D eigenvalue weighted by Gasteiger charge is 2.34. The zero-order valence-corrected chi connectivity index (χ0v) is 27.3. The van der Waals surface area contributed by atoms with E-state index in [1.54, 1.807) is 24.6 Å². The predicted molar refractivity (Wildman–Crippen MR) is 181 cm³/mol. The molecule has 2 aromatic heterocycles. The number of likely N-dealkylation sites (N-methyl/N-ethyl adjacent to an activating group) is 1. The van der Waals surface area contributed by atoms with Gasteiger partial charge in [-0.25, -0.2) is 4.98 Å². The summed E-state index contributed by atoms with van der Waals surface area (Å²) in [6, 6.07) is 15.2. The maximum Gasteiger partial charge on any atom is 0.293 e. The van der Waals surface area contributed by atoms with Crippen molar-refractivity contribution in [2.45, 2.75) is 58.5 Å². The predicted octanol–water partition coefficient (Wildman–Crippen LogP) is 5.92. The Morgan fingerprint density at radius 3 is 2.51 bits per heavy atom. The molecule has 2 N–H and O–H groups in total. The number of nitrogens with zero attached hydrogens (tertiary/aromatic N) is 4. The standard InChI is InChI=1S/C35H40N6O3S/c1-21(2)41-18-17-39(4)31(34(41)43)23-13-15-25(16-14-23)36-32-35(44)40(5)20-28(37-32)26-10-8-11-27(22(26)3)38-33(42)30-19-24-9-6-7-12-29(24)45-30/h8,10-11,13-16,19-21,31H,6-7,9,12,17-18H2,1-5H3,(H,36,37)(H,38,42)/t31-/m1/s1. The highest BCUT2D eigenvalue weighted by Crippen LogP contribution is 2.32. The summed E-state index contributed by atoms with van der Waals surface area (Å²) >= 11 is 1.59. The second-order valence-corrected chi connectivity index (χ2v) is 13.5. The minimum absolute atomic E-state index is 0.103. The fourth-order valence-corrected chi connectivity index (χ4v) is 7.45. The molecular formula is C35H40N6O3S. The Morgan fingerprint density at radius 1 is 1.02 bits per heavy atom. The number of benzene rings is 2. The van der Waals surface area contributed by atoms with Gasteiger partial charge in [0.1, 0.15) is 6.04 Å². The van der Waals surface area contributed by atoms with Gasteiger partial charge >= 0.3 is 0 Å². The van der Waals surface area contributed by atoms with E-state index in [1.165, 1.54) is 27.8 Å². The average molecular weight is 625 g/mol. The number of carbonyl (C=O) groups excluding carboxylic acids is 2. The van der Waals surface area contributed by atoms with Gasteiger partial charge in [-0.15, -0.1) is 11.3 Å². The van der Waals surface area contributed by atoms with Crippen molar-refractivity contribution in [1.29, 1.82) is 0 Å². The fraction of sp³-hybridized carbons (Fsp3) is 0.371. The number of thiophene rings is 1. The maximum atomic E-state index is 13.2. The van der Waals surface area contributed by atoms with Crippen LogP contribution in [-0.2, 0) is 24.7 Å². The van der Waals surface area contributed by atoms with Crippen LogP contribution in [0.3, 0.4) is 0 Å². The summed E-state index contributed by atoms with van der Waals surface area (Å²) in [5, 5.41) is 6.30. The molecule has 2 aromatic carbocycles. The van der Waals surface area contributed by atoms with Crippen molar-refractivity contribution in [2.24, 2.45) is 7.05 Å². The summed E-state index contributed by atoms with van der Waals surface area (Å²) < 4.78 is 1.51. The van der Waals surface area contributed by atoms with Crippen LogP contribution in [0.2, 0.25) is 0 Å². The first-order valence-electron chi connectivity index (χ1n) is 15.6. The SMILES string of the molecule is Cc1c(NC(=O)c2cc3c(s2)CCCC3)cccc1-c1cn(C)c(=O)c(Nc2ccc([C@@H]3C(=O)N(C(C)C)CCN3C)cc2)n1. The van der Waals surface area contributed by atoms with Gasteiger partial charge in [0.2, 0.25) is 5.91 Å². The van der Waals surface area contributed by atoms with Crippen LogP contribution < -0.4 is 16.2 Å². The average Bonchev–Trinajstić information content (AvgIpc) is 3.46. The van der Waals surface area contributed by atoms with E-state index in [0.717, 1.165) is 47.5 Å². The Bertz CT molecular complexity index is 1790. The van der Waals surface area contributed by atoms with Crippen LogP contribution in [0.15, 0.2) is 59.5 Å². The molecule has 2 amide bonds. The summed E-state index contributed by atoms with van der Waals surface area (Å²) in [4.78, 5) is 50.3. The van der Waals surface area contributed by atoms with Crippen molar-refractivity contribution in [2.75, 3.05) is 30.8 Å². The van der Waals surface area contributed by atoms with Crippen molar-refractivity contribution in [1.82, 2.24) is 19.4 Å². The lowest BCUT2D eigenvalue weighted by Gasteiger charge is -2.40. The zero-order valence-electron chi connectivity index (χ0n) is 26.5. The number of amides is 2. The molecule has 0 unspecified atom stereocenters. The Morgan fingerprint density at radius 2 is 1.78 bits per heavy atom. The first-order chi connectivity index (χ1) is 21.6. The highest BCUT2D eigenvalue weighted by atomic mass is 32.1. The number of aryl methyl sites for hydroxylation is 3. The van der Waals surface area contributed by atoms with E-state index in [1.807, 2.05) is 81.2 Å². The molecule has 1 atom stereocenters. The molecule has 9 nitrogen and oxygen atoms in total. The zero-order chi connectivity index (χ0) is 31.8. The molecule has 1 aliphatic carbocycles. The Labute approximate surface area is 267 Å². The molecule has 234 valence electrons. The molecule has 0 spiro atoms.